The summed E-state index contributed by atoms with van der Waals surface area (Å²) < 4.78 is 1.90. The Balaban J connectivity index is 1.49. The van der Waals surface area contributed by atoms with Crippen LogP contribution >= 0.6 is 11.3 Å². The van der Waals surface area contributed by atoms with Gasteiger partial charge in [0.25, 0.3) is 5.91 Å². The number of carbonyl (C=O) groups excluding carboxylic acids is 1. The van der Waals surface area contributed by atoms with Crippen LogP contribution in [-0.4, -0.2) is 20.7 Å². The second kappa shape index (κ2) is 8.41. The van der Waals surface area contributed by atoms with Crippen LogP contribution in [0.5, 0.6) is 0 Å². The van der Waals surface area contributed by atoms with Gasteiger partial charge in [-0.25, -0.2) is 4.98 Å². The number of amides is 1. The Morgan fingerprint density at radius 2 is 1.86 bits per heavy atom. The highest BCUT2D eigenvalue weighted by Crippen LogP contribution is 2.25. The van der Waals surface area contributed by atoms with Gasteiger partial charge in [-0.3, -0.25) is 9.48 Å². The lowest BCUT2D eigenvalue weighted by molar-refractivity contribution is 0.0954. The molecule has 5 nitrogen and oxygen atoms in total. The zero-order chi connectivity index (χ0) is 20.2. The Labute approximate surface area is 174 Å². The molecule has 2 aromatic carbocycles. The Hall–Kier alpha value is -3.25. The van der Waals surface area contributed by atoms with Crippen LogP contribution in [0.2, 0.25) is 0 Å². The smallest absolute Gasteiger partial charge is 0.263 e. The van der Waals surface area contributed by atoms with Gasteiger partial charge in [0.2, 0.25) is 0 Å². The van der Waals surface area contributed by atoms with Gasteiger partial charge in [0.15, 0.2) is 0 Å². The summed E-state index contributed by atoms with van der Waals surface area (Å²) in [4.78, 5) is 17.6. The molecule has 0 spiro atoms. The SMILES string of the molecule is Cc1nc(C)c(C(=O)NCc2ccccc2-c2ccc(Cn3cccn3)cc2)s1. The number of aromatic nitrogens is 3. The topological polar surface area (TPSA) is 59.8 Å². The molecule has 2 aromatic heterocycles. The number of hydrogen-bond acceptors (Lipinski definition) is 4. The van der Waals surface area contributed by atoms with Crippen LogP contribution < -0.4 is 5.32 Å². The van der Waals surface area contributed by atoms with E-state index < -0.39 is 0 Å². The zero-order valence-corrected chi connectivity index (χ0v) is 17.2. The first-order valence-electron chi connectivity index (χ1n) is 9.47. The number of hydrogen-bond donors (Lipinski definition) is 1. The van der Waals surface area contributed by atoms with Crippen molar-refractivity contribution in [2.75, 3.05) is 0 Å². The zero-order valence-electron chi connectivity index (χ0n) is 16.4. The minimum Gasteiger partial charge on any atom is -0.347 e. The Kier molecular flexibility index (Phi) is 5.53. The number of benzene rings is 2. The lowest BCUT2D eigenvalue weighted by atomic mass is 9.98. The largest absolute Gasteiger partial charge is 0.347 e. The van der Waals surface area contributed by atoms with Crippen molar-refractivity contribution in [2.24, 2.45) is 0 Å². The normalized spacial score (nSPS) is 10.8. The van der Waals surface area contributed by atoms with Gasteiger partial charge in [0.1, 0.15) is 4.88 Å². The molecule has 0 radical (unpaired) electrons. The molecular weight excluding hydrogens is 380 g/mol. The van der Waals surface area contributed by atoms with Gasteiger partial charge in [-0.1, -0.05) is 48.5 Å². The van der Waals surface area contributed by atoms with Gasteiger partial charge >= 0.3 is 0 Å². The Morgan fingerprint density at radius 1 is 1.07 bits per heavy atom. The van der Waals surface area contributed by atoms with Crippen LogP contribution in [0.3, 0.4) is 0 Å². The summed E-state index contributed by atoms with van der Waals surface area (Å²) in [6.07, 6.45) is 3.74. The maximum Gasteiger partial charge on any atom is 0.263 e. The fraction of sp³-hybridized carbons (Fsp3) is 0.174. The molecule has 29 heavy (non-hydrogen) atoms. The van der Waals surface area contributed by atoms with E-state index in [2.05, 4.69) is 51.8 Å². The summed E-state index contributed by atoms with van der Waals surface area (Å²) >= 11 is 1.43. The maximum absolute atomic E-state index is 12.5. The third-order valence-corrected chi connectivity index (χ3v) is 5.81. The molecule has 6 heteroatoms. The lowest BCUT2D eigenvalue weighted by Crippen LogP contribution is -2.22. The van der Waals surface area contributed by atoms with Crippen LogP contribution in [0.4, 0.5) is 0 Å². The van der Waals surface area contributed by atoms with Crippen molar-refractivity contribution in [3.05, 3.63) is 93.7 Å². The first-order chi connectivity index (χ1) is 14.1. The van der Waals surface area contributed by atoms with E-state index in [1.807, 2.05) is 42.9 Å². The van der Waals surface area contributed by atoms with Gasteiger partial charge < -0.3 is 5.32 Å². The van der Waals surface area contributed by atoms with Crippen LogP contribution in [0, 0.1) is 13.8 Å². The van der Waals surface area contributed by atoms with Crippen LogP contribution in [0.15, 0.2) is 67.0 Å². The van der Waals surface area contributed by atoms with Crippen molar-refractivity contribution in [3.8, 4) is 11.1 Å². The molecule has 0 fully saturated rings. The van der Waals surface area contributed by atoms with E-state index in [-0.39, 0.29) is 5.91 Å². The molecule has 0 saturated carbocycles. The molecule has 0 bridgehead atoms. The minimum atomic E-state index is -0.0718. The molecule has 4 rings (SSSR count). The molecular formula is C23H22N4OS. The first kappa shape index (κ1) is 19.1. The first-order valence-corrected chi connectivity index (χ1v) is 10.3. The molecule has 0 aliphatic rings. The number of nitrogens with one attached hydrogen (secondary N) is 1. The number of thiazole rings is 1. The monoisotopic (exact) mass is 402 g/mol. The van der Waals surface area contributed by atoms with Crippen LogP contribution in [0.25, 0.3) is 11.1 Å². The number of carbonyl (C=O) groups is 1. The second-order valence-electron chi connectivity index (χ2n) is 6.89. The van der Waals surface area contributed by atoms with E-state index in [4.69, 9.17) is 0 Å². The molecule has 1 N–H and O–H groups in total. The number of rotatable bonds is 6. The quantitative estimate of drug-likeness (QED) is 0.513. The predicted molar refractivity (Wildman–Crippen MR) is 116 cm³/mol. The minimum absolute atomic E-state index is 0.0718. The van der Waals surface area contributed by atoms with Crippen LogP contribution in [-0.2, 0) is 13.1 Å². The second-order valence-corrected chi connectivity index (χ2v) is 8.09. The highest BCUT2D eigenvalue weighted by molar-refractivity contribution is 7.13. The summed E-state index contributed by atoms with van der Waals surface area (Å²) in [6.45, 7) is 5.01. The summed E-state index contributed by atoms with van der Waals surface area (Å²) in [5.41, 5.74) is 5.31. The molecule has 0 unspecified atom stereocenters. The highest BCUT2D eigenvalue weighted by Gasteiger charge is 2.14. The van der Waals surface area contributed by atoms with Crippen LogP contribution in [0.1, 0.15) is 31.5 Å². The summed E-state index contributed by atoms with van der Waals surface area (Å²) in [5.74, 6) is -0.0718. The van der Waals surface area contributed by atoms with E-state index in [0.29, 0.717) is 11.4 Å². The average molecular weight is 403 g/mol. The summed E-state index contributed by atoms with van der Waals surface area (Å²) in [5, 5.41) is 8.20. The van der Waals surface area contributed by atoms with Crippen molar-refractivity contribution in [2.45, 2.75) is 26.9 Å². The van der Waals surface area contributed by atoms with Gasteiger partial charge in [-0.05, 0) is 42.2 Å². The van der Waals surface area contributed by atoms with E-state index in [1.54, 1.807) is 6.20 Å². The lowest BCUT2D eigenvalue weighted by Gasteiger charge is -2.12. The molecule has 0 aliphatic carbocycles. The standard InChI is InChI=1S/C23H22N4OS/c1-16-22(29-17(2)26-16)23(28)24-14-20-6-3-4-7-21(20)19-10-8-18(9-11-19)15-27-13-5-12-25-27/h3-13H,14-15H2,1-2H3,(H,24,28). The van der Waals surface area contributed by atoms with E-state index >= 15 is 0 Å². The van der Waals surface area contributed by atoms with E-state index in [1.165, 1.54) is 16.9 Å². The van der Waals surface area contributed by atoms with Gasteiger partial charge in [-0.2, -0.15) is 5.10 Å². The summed E-state index contributed by atoms with van der Waals surface area (Å²) in [6, 6.07) is 18.6. The van der Waals surface area contributed by atoms with Gasteiger partial charge in [0, 0.05) is 18.9 Å². The van der Waals surface area contributed by atoms with Crippen molar-refractivity contribution >= 4 is 17.2 Å². The average Bonchev–Trinajstić information content (AvgIpc) is 3.36. The van der Waals surface area contributed by atoms with E-state index in [9.17, 15) is 4.79 Å². The van der Waals surface area contributed by atoms with Crippen molar-refractivity contribution < 1.29 is 4.79 Å². The fourth-order valence-corrected chi connectivity index (χ4v) is 4.16. The molecule has 146 valence electrons. The molecule has 1 amide bonds. The third-order valence-electron chi connectivity index (χ3n) is 4.74. The molecule has 0 saturated heterocycles. The molecule has 0 atom stereocenters. The Bertz CT molecular complexity index is 1110. The maximum atomic E-state index is 12.5. The molecule has 2 heterocycles. The molecule has 0 aliphatic heterocycles. The van der Waals surface area contributed by atoms with Gasteiger partial charge in [0.05, 0.1) is 17.2 Å². The molecule has 4 aromatic rings. The third kappa shape index (κ3) is 4.43. The number of nitrogens with zero attached hydrogens (tertiary/aromatic N) is 3. The van der Waals surface area contributed by atoms with Gasteiger partial charge in [-0.15, -0.1) is 11.3 Å². The Morgan fingerprint density at radius 3 is 2.55 bits per heavy atom. The highest BCUT2D eigenvalue weighted by atomic mass is 32.1. The van der Waals surface area contributed by atoms with Crippen molar-refractivity contribution in [1.29, 1.82) is 0 Å². The predicted octanol–water partition coefficient (Wildman–Crippen LogP) is 4.60. The van der Waals surface area contributed by atoms with Crippen molar-refractivity contribution in [1.82, 2.24) is 20.1 Å². The fourth-order valence-electron chi connectivity index (χ4n) is 3.32. The number of aryl methyl sites for hydroxylation is 2. The van der Waals surface area contributed by atoms with Crippen molar-refractivity contribution in [3.63, 3.8) is 0 Å². The van der Waals surface area contributed by atoms with E-state index in [0.717, 1.165) is 33.9 Å². The summed E-state index contributed by atoms with van der Waals surface area (Å²) in [7, 11) is 0.